The summed E-state index contributed by atoms with van der Waals surface area (Å²) in [6.07, 6.45) is 0. The second-order valence-corrected chi connectivity index (χ2v) is 5.33. The highest BCUT2D eigenvalue weighted by Gasteiger charge is 2.27. The third-order valence-corrected chi connectivity index (χ3v) is 3.41. The van der Waals surface area contributed by atoms with Crippen molar-refractivity contribution >= 4 is 29.0 Å². The minimum atomic E-state index is -4.27. The van der Waals surface area contributed by atoms with Crippen molar-refractivity contribution in [3.63, 3.8) is 0 Å². The van der Waals surface area contributed by atoms with Gasteiger partial charge < -0.3 is 11.1 Å². The number of hydrogen-bond donors (Lipinski definition) is 2. The number of alkyl halides is 3. The van der Waals surface area contributed by atoms with Gasteiger partial charge in [0.2, 0.25) is 0 Å². The molecule has 0 unspecified atom stereocenters. The van der Waals surface area contributed by atoms with E-state index < -0.39 is 11.4 Å². The highest BCUT2D eigenvalue weighted by atomic mass is 32.2. The number of rotatable bonds is 4. The van der Waals surface area contributed by atoms with E-state index in [0.717, 1.165) is 0 Å². The number of hydrogen-bond acceptors (Lipinski definition) is 4. The molecule has 0 radical (unpaired) electrons. The number of carbonyl (C=O) groups is 1. The fraction of sp³-hybridized carbons (Fsp3) is 0.364. The van der Waals surface area contributed by atoms with Crippen LogP contribution in [0.3, 0.4) is 0 Å². The van der Waals surface area contributed by atoms with E-state index in [2.05, 4.69) is 17.2 Å². The molecular formula is C11H11F3N2OS2. The molecule has 0 spiro atoms. The van der Waals surface area contributed by atoms with Gasteiger partial charge >= 0.3 is 5.51 Å². The lowest BCUT2D eigenvalue weighted by atomic mass is 10.3. The molecule has 1 amide bonds. The third kappa shape index (κ3) is 6.52. The average molecular weight is 308 g/mol. The Morgan fingerprint density at radius 1 is 1.53 bits per heavy atom. The molecule has 1 aromatic heterocycles. The van der Waals surface area contributed by atoms with Gasteiger partial charge in [-0.3, -0.25) is 4.79 Å². The SMILES string of the molecule is NCC#Cc1cc(C(=O)NCCSC(F)(F)F)cs1. The first-order valence-corrected chi connectivity index (χ1v) is 7.05. The Kier molecular flexibility index (Phi) is 6.21. The van der Waals surface area contributed by atoms with Gasteiger partial charge in [0.25, 0.3) is 5.91 Å². The van der Waals surface area contributed by atoms with E-state index in [-0.39, 0.29) is 30.6 Å². The Hall–Kier alpha value is -1.17. The smallest absolute Gasteiger partial charge is 0.351 e. The van der Waals surface area contributed by atoms with Crippen molar-refractivity contribution < 1.29 is 18.0 Å². The van der Waals surface area contributed by atoms with Crippen molar-refractivity contribution in [3.05, 3.63) is 21.9 Å². The molecule has 0 fully saturated rings. The van der Waals surface area contributed by atoms with Crippen LogP contribution >= 0.6 is 23.1 Å². The molecule has 19 heavy (non-hydrogen) atoms. The lowest BCUT2D eigenvalue weighted by molar-refractivity contribution is -0.0327. The first kappa shape index (κ1) is 15.9. The van der Waals surface area contributed by atoms with E-state index >= 15 is 0 Å². The van der Waals surface area contributed by atoms with Crippen LogP contribution in [0.2, 0.25) is 0 Å². The molecule has 1 heterocycles. The summed E-state index contributed by atoms with van der Waals surface area (Å²) < 4.78 is 35.6. The molecule has 3 nitrogen and oxygen atoms in total. The molecule has 1 rings (SSSR count). The Balaban J connectivity index is 2.39. The van der Waals surface area contributed by atoms with Crippen LogP contribution < -0.4 is 11.1 Å². The van der Waals surface area contributed by atoms with E-state index in [0.29, 0.717) is 10.4 Å². The molecular weight excluding hydrogens is 297 g/mol. The summed E-state index contributed by atoms with van der Waals surface area (Å²) in [5.74, 6) is 4.82. The van der Waals surface area contributed by atoms with E-state index in [9.17, 15) is 18.0 Å². The molecule has 0 aromatic carbocycles. The molecule has 3 N–H and O–H groups in total. The van der Waals surface area contributed by atoms with Crippen LogP contribution in [0.5, 0.6) is 0 Å². The number of carbonyl (C=O) groups excluding carboxylic acids is 1. The maximum absolute atomic E-state index is 11.9. The van der Waals surface area contributed by atoms with E-state index in [1.54, 1.807) is 11.4 Å². The van der Waals surface area contributed by atoms with Gasteiger partial charge in [0.05, 0.1) is 17.0 Å². The zero-order chi connectivity index (χ0) is 14.3. The van der Waals surface area contributed by atoms with Gasteiger partial charge in [-0.25, -0.2) is 0 Å². The topological polar surface area (TPSA) is 55.1 Å². The maximum Gasteiger partial charge on any atom is 0.441 e. The van der Waals surface area contributed by atoms with Crippen molar-refractivity contribution in [1.82, 2.24) is 5.32 Å². The Bertz CT molecular complexity index is 488. The highest BCUT2D eigenvalue weighted by molar-refractivity contribution is 8.00. The summed E-state index contributed by atoms with van der Waals surface area (Å²) in [6.45, 7) is 0.191. The summed E-state index contributed by atoms with van der Waals surface area (Å²) >= 11 is 1.12. The molecule has 0 saturated carbocycles. The zero-order valence-electron chi connectivity index (χ0n) is 9.71. The Labute approximate surface area is 116 Å². The van der Waals surface area contributed by atoms with Gasteiger partial charge in [-0.05, 0) is 17.8 Å². The third-order valence-electron chi connectivity index (χ3n) is 1.83. The number of thioether (sulfide) groups is 1. The molecule has 0 saturated heterocycles. The van der Waals surface area contributed by atoms with Crippen molar-refractivity contribution in [3.8, 4) is 11.8 Å². The lowest BCUT2D eigenvalue weighted by Gasteiger charge is -2.06. The summed E-state index contributed by atoms with van der Waals surface area (Å²) in [5, 5.41) is 4.02. The predicted octanol–water partition coefficient (Wildman–Crippen LogP) is 2.04. The molecule has 0 atom stereocenters. The van der Waals surface area contributed by atoms with Crippen LogP contribution in [0.1, 0.15) is 15.2 Å². The predicted molar refractivity (Wildman–Crippen MR) is 71.1 cm³/mol. The second kappa shape index (κ2) is 7.43. The van der Waals surface area contributed by atoms with E-state index in [1.165, 1.54) is 11.3 Å². The molecule has 104 valence electrons. The van der Waals surface area contributed by atoms with Crippen LogP contribution in [0, 0.1) is 11.8 Å². The van der Waals surface area contributed by atoms with Gasteiger partial charge in [-0.15, -0.1) is 11.3 Å². The van der Waals surface area contributed by atoms with Gasteiger partial charge in [-0.2, -0.15) is 13.2 Å². The molecule has 0 aliphatic rings. The molecule has 0 bridgehead atoms. The van der Waals surface area contributed by atoms with Crippen LogP contribution in [0.15, 0.2) is 11.4 Å². The highest BCUT2D eigenvalue weighted by Crippen LogP contribution is 2.29. The van der Waals surface area contributed by atoms with Gasteiger partial charge in [0, 0.05) is 17.7 Å². The van der Waals surface area contributed by atoms with E-state index in [1.807, 2.05) is 0 Å². The van der Waals surface area contributed by atoms with Gasteiger partial charge in [0.1, 0.15) is 0 Å². The molecule has 1 aromatic rings. The average Bonchev–Trinajstić information content (AvgIpc) is 2.79. The molecule has 8 heteroatoms. The number of nitrogens with one attached hydrogen (secondary N) is 1. The zero-order valence-corrected chi connectivity index (χ0v) is 11.3. The van der Waals surface area contributed by atoms with Crippen LogP contribution in [-0.4, -0.2) is 30.3 Å². The van der Waals surface area contributed by atoms with Crippen molar-refractivity contribution in [2.75, 3.05) is 18.8 Å². The number of halogens is 3. The number of thiophene rings is 1. The summed E-state index contributed by atoms with van der Waals surface area (Å²) in [5.41, 5.74) is 1.34. The second-order valence-electron chi connectivity index (χ2n) is 3.26. The normalized spacial score (nSPS) is 10.7. The maximum atomic E-state index is 11.9. The standard InChI is InChI=1S/C11H11F3N2OS2/c12-11(13,14)19-5-4-16-10(17)8-6-9(18-7-8)2-1-3-15/h6-7H,3-5,15H2,(H,16,17). The van der Waals surface area contributed by atoms with Crippen LogP contribution in [0.4, 0.5) is 13.2 Å². The first-order valence-electron chi connectivity index (χ1n) is 5.19. The summed E-state index contributed by atoms with van der Waals surface area (Å²) in [6, 6.07) is 1.58. The fourth-order valence-electron chi connectivity index (χ4n) is 1.09. The lowest BCUT2D eigenvalue weighted by Crippen LogP contribution is -2.26. The minimum Gasteiger partial charge on any atom is -0.351 e. The first-order chi connectivity index (χ1) is 8.92. The van der Waals surface area contributed by atoms with Crippen molar-refractivity contribution in [2.24, 2.45) is 5.73 Å². The van der Waals surface area contributed by atoms with Crippen molar-refractivity contribution in [2.45, 2.75) is 5.51 Å². The minimum absolute atomic E-state index is 0.0390. The van der Waals surface area contributed by atoms with Gasteiger partial charge in [0.15, 0.2) is 0 Å². The van der Waals surface area contributed by atoms with Crippen LogP contribution in [0.25, 0.3) is 0 Å². The summed E-state index contributed by atoms with van der Waals surface area (Å²) in [4.78, 5) is 12.3. The van der Waals surface area contributed by atoms with Crippen molar-refractivity contribution in [1.29, 1.82) is 0 Å². The van der Waals surface area contributed by atoms with Gasteiger partial charge in [-0.1, -0.05) is 11.8 Å². The van der Waals surface area contributed by atoms with Crippen LogP contribution in [-0.2, 0) is 0 Å². The largest absolute Gasteiger partial charge is 0.441 e. The molecule has 0 aliphatic heterocycles. The summed E-state index contributed by atoms with van der Waals surface area (Å²) in [7, 11) is 0. The number of amides is 1. The Morgan fingerprint density at radius 3 is 2.89 bits per heavy atom. The quantitative estimate of drug-likeness (QED) is 0.661. The van der Waals surface area contributed by atoms with E-state index in [4.69, 9.17) is 5.73 Å². The number of nitrogens with two attached hydrogens (primary N) is 1. The molecule has 0 aliphatic carbocycles. The Morgan fingerprint density at radius 2 is 2.26 bits per heavy atom. The monoisotopic (exact) mass is 308 g/mol. The fourth-order valence-corrected chi connectivity index (χ4v) is 2.28.